The fourth-order valence-corrected chi connectivity index (χ4v) is 3.95. The first-order valence-electron chi connectivity index (χ1n) is 9.64. The molecule has 0 spiro atoms. The molecule has 2 heterocycles. The van der Waals surface area contributed by atoms with Crippen LogP contribution in [0.25, 0.3) is 0 Å². The van der Waals surface area contributed by atoms with Gasteiger partial charge in [0.25, 0.3) is 5.91 Å². The number of nitrogens with zero attached hydrogens (tertiary/aromatic N) is 1. The molecule has 2 aliphatic heterocycles. The van der Waals surface area contributed by atoms with Gasteiger partial charge in [-0.25, -0.2) is 0 Å². The van der Waals surface area contributed by atoms with Crippen LogP contribution in [-0.4, -0.2) is 49.8 Å². The van der Waals surface area contributed by atoms with Crippen LogP contribution in [0.5, 0.6) is 0 Å². The number of anilines is 1. The minimum Gasteiger partial charge on any atom is -0.375 e. The second kappa shape index (κ2) is 7.47. The van der Waals surface area contributed by atoms with Gasteiger partial charge in [0.15, 0.2) is 18.1 Å². The van der Waals surface area contributed by atoms with Gasteiger partial charge in [0.05, 0.1) is 25.3 Å². The molecule has 28 heavy (non-hydrogen) atoms. The second-order valence-electron chi connectivity index (χ2n) is 7.60. The Kier molecular flexibility index (Phi) is 5.02. The van der Waals surface area contributed by atoms with E-state index in [0.717, 1.165) is 18.7 Å². The van der Waals surface area contributed by atoms with Gasteiger partial charge in [-0.2, -0.15) is 0 Å². The predicted octanol–water partition coefficient (Wildman–Crippen LogP) is 0.675. The van der Waals surface area contributed by atoms with Crippen LogP contribution in [0.2, 0.25) is 0 Å². The van der Waals surface area contributed by atoms with Crippen LogP contribution < -0.4 is 9.80 Å². The Bertz CT molecular complexity index is 890. The maximum absolute atomic E-state index is 13.3. The minimum absolute atomic E-state index is 0.244. The van der Waals surface area contributed by atoms with Crippen molar-refractivity contribution in [2.24, 2.45) is 0 Å². The topological polar surface area (TPSA) is 71.3 Å². The van der Waals surface area contributed by atoms with Gasteiger partial charge in [-0.05, 0) is 13.0 Å². The molecule has 6 nitrogen and oxygen atoms in total. The molecular weight excluding hydrogens is 356 g/mol. The molecule has 6 heteroatoms. The van der Waals surface area contributed by atoms with Gasteiger partial charge in [0.1, 0.15) is 13.1 Å². The molecule has 146 valence electrons. The normalized spacial score (nSPS) is 22.4. The molecule has 1 saturated heterocycles. The van der Waals surface area contributed by atoms with Crippen LogP contribution in [0.15, 0.2) is 48.5 Å². The van der Waals surface area contributed by atoms with E-state index in [9.17, 15) is 14.7 Å². The van der Waals surface area contributed by atoms with Crippen molar-refractivity contribution in [2.75, 3.05) is 37.9 Å². The Balaban J connectivity index is 1.61. The molecular formula is C22H25N2O4+. The van der Waals surface area contributed by atoms with Crippen LogP contribution in [0.3, 0.4) is 0 Å². The number of Topliss-reactive ketones (excluding diaryl/α,β-unsaturated/α-hetero) is 1. The van der Waals surface area contributed by atoms with E-state index in [-0.39, 0.29) is 12.2 Å². The largest absolute Gasteiger partial charge is 0.375 e. The smallest absolute Gasteiger partial charge is 0.268 e. The quantitative estimate of drug-likeness (QED) is 0.747. The Morgan fingerprint density at radius 3 is 2.54 bits per heavy atom. The molecule has 0 aliphatic carbocycles. The zero-order chi connectivity index (χ0) is 19.7. The molecule has 1 fully saturated rings. The van der Waals surface area contributed by atoms with Crippen molar-refractivity contribution >= 4 is 17.4 Å². The van der Waals surface area contributed by atoms with Crippen LogP contribution in [0.1, 0.15) is 27.9 Å². The lowest BCUT2D eigenvalue weighted by Gasteiger charge is -2.29. The zero-order valence-electron chi connectivity index (χ0n) is 16.0. The molecule has 0 radical (unpaired) electrons. The molecule has 2 N–H and O–H groups in total. The number of amides is 1. The molecule has 0 bridgehead atoms. The predicted molar refractivity (Wildman–Crippen MR) is 104 cm³/mol. The summed E-state index contributed by atoms with van der Waals surface area (Å²) in [5, 5.41) is 11.4. The highest BCUT2D eigenvalue weighted by Gasteiger charge is 2.51. The summed E-state index contributed by atoms with van der Waals surface area (Å²) in [6.07, 6.45) is -0.263. The van der Waals surface area contributed by atoms with E-state index in [1.165, 1.54) is 4.90 Å². The number of carbonyl (C=O) groups excluding carboxylic acids is 2. The van der Waals surface area contributed by atoms with Gasteiger partial charge < -0.3 is 14.7 Å². The monoisotopic (exact) mass is 381 g/mol. The number of ether oxygens (including phenoxy) is 1. The Labute approximate surface area is 164 Å². The summed E-state index contributed by atoms with van der Waals surface area (Å²) in [7, 11) is 0. The summed E-state index contributed by atoms with van der Waals surface area (Å²) >= 11 is 0. The van der Waals surface area contributed by atoms with Crippen LogP contribution in [0, 0.1) is 6.92 Å². The Morgan fingerprint density at radius 2 is 1.82 bits per heavy atom. The number of quaternary nitrogens is 1. The average Bonchev–Trinajstić information content (AvgIpc) is 2.91. The van der Waals surface area contributed by atoms with E-state index >= 15 is 0 Å². The van der Waals surface area contributed by atoms with Crippen LogP contribution in [0.4, 0.5) is 5.69 Å². The van der Waals surface area contributed by atoms with Gasteiger partial charge in [-0.1, -0.05) is 48.0 Å². The van der Waals surface area contributed by atoms with Crippen molar-refractivity contribution in [3.63, 3.8) is 0 Å². The number of hydrogen-bond acceptors (Lipinski definition) is 4. The third-order valence-corrected chi connectivity index (χ3v) is 5.61. The maximum atomic E-state index is 13.3. The van der Waals surface area contributed by atoms with Crippen molar-refractivity contribution in [3.05, 3.63) is 65.2 Å². The SMILES string of the molecule is Cc1ccc(C(=O)C[C@]2(O)C(=O)N(C[NH+]3CCOCC3)c3ccccc32)cc1. The lowest BCUT2D eigenvalue weighted by atomic mass is 9.88. The molecule has 2 aliphatic rings. The summed E-state index contributed by atoms with van der Waals surface area (Å²) in [4.78, 5) is 28.9. The van der Waals surface area contributed by atoms with Gasteiger partial charge in [0, 0.05) is 11.1 Å². The van der Waals surface area contributed by atoms with Gasteiger partial charge in [0.2, 0.25) is 0 Å². The highest BCUT2D eigenvalue weighted by molar-refractivity contribution is 6.10. The molecule has 4 rings (SSSR count). The van der Waals surface area contributed by atoms with E-state index in [0.29, 0.717) is 36.7 Å². The number of aliphatic hydroxyl groups is 1. The number of rotatable bonds is 5. The van der Waals surface area contributed by atoms with E-state index in [1.54, 1.807) is 29.2 Å². The van der Waals surface area contributed by atoms with E-state index < -0.39 is 11.5 Å². The Hall–Kier alpha value is -2.54. The summed E-state index contributed by atoms with van der Waals surface area (Å²) in [6.45, 7) is 5.36. The lowest BCUT2D eigenvalue weighted by Crippen LogP contribution is -3.15. The molecule has 0 saturated carbocycles. The summed E-state index contributed by atoms with van der Waals surface area (Å²) in [5.41, 5.74) is 0.919. The van der Waals surface area contributed by atoms with Crippen molar-refractivity contribution < 1.29 is 24.3 Å². The fourth-order valence-electron chi connectivity index (χ4n) is 3.95. The summed E-state index contributed by atoms with van der Waals surface area (Å²) in [6, 6.07) is 14.4. The van der Waals surface area contributed by atoms with Gasteiger partial charge in [-0.3, -0.25) is 14.5 Å². The maximum Gasteiger partial charge on any atom is 0.268 e. The second-order valence-corrected chi connectivity index (χ2v) is 7.60. The third-order valence-electron chi connectivity index (χ3n) is 5.61. The molecule has 0 unspecified atom stereocenters. The summed E-state index contributed by atoms with van der Waals surface area (Å²) in [5.74, 6) is -0.667. The first kappa shape index (κ1) is 18.8. The number of fused-ring (bicyclic) bond motifs is 1. The lowest BCUT2D eigenvalue weighted by molar-refractivity contribution is -0.906. The molecule has 0 aromatic heterocycles. The number of nitrogens with one attached hydrogen (secondary N) is 1. The minimum atomic E-state index is -1.83. The summed E-state index contributed by atoms with van der Waals surface area (Å²) < 4.78 is 5.39. The average molecular weight is 381 g/mol. The van der Waals surface area contributed by atoms with E-state index in [1.807, 2.05) is 31.2 Å². The molecule has 2 aromatic rings. The van der Waals surface area contributed by atoms with E-state index in [4.69, 9.17) is 4.74 Å². The zero-order valence-corrected chi connectivity index (χ0v) is 16.0. The van der Waals surface area contributed by atoms with Gasteiger partial charge in [-0.15, -0.1) is 0 Å². The standard InChI is InChI=1S/C22H24N2O4/c1-16-6-8-17(9-7-16)20(25)14-22(27)18-4-2-3-5-19(18)24(21(22)26)15-23-10-12-28-13-11-23/h2-9,27H,10-15H2,1H3/p+1/t22-/m1/s1. The third kappa shape index (κ3) is 3.35. The highest BCUT2D eigenvalue weighted by atomic mass is 16.5. The first-order chi connectivity index (χ1) is 13.5. The number of morpholine rings is 1. The van der Waals surface area contributed by atoms with Crippen molar-refractivity contribution in [1.82, 2.24) is 0 Å². The molecule has 1 atom stereocenters. The van der Waals surface area contributed by atoms with E-state index in [2.05, 4.69) is 0 Å². The van der Waals surface area contributed by atoms with Crippen molar-refractivity contribution in [3.8, 4) is 0 Å². The number of benzene rings is 2. The molecule has 1 amide bonds. The number of carbonyl (C=O) groups is 2. The Morgan fingerprint density at radius 1 is 1.14 bits per heavy atom. The fraction of sp³-hybridized carbons (Fsp3) is 0.364. The van der Waals surface area contributed by atoms with Gasteiger partial charge >= 0.3 is 0 Å². The van der Waals surface area contributed by atoms with Crippen LogP contribution in [-0.2, 0) is 15.1 Å². The first-order valence-corrected chi connectivity index (χ1v) is 9.64. The van der Waals surface area contributed by atoms with Crippen molar-refractivity contribution in [2.45, 2.75) is 18.9 Å². The number of aryl methyl sites for hydroxylation is 1. The highest BCUT2D eigenvalue weighted by Crippen LogP contribution is 2.42. The number of hydrogen-bond donors (Lipinski definition) is 2. The van der Waals surface area contributed by atoms with Crippen LogP contribution >= 0.6 is 0 Å². The number of para-hydroxylation sites is 1. The van der Waals surface area contributed by atoms with Crippen molar-refractivity contribution in [1.29, 1.82) is 0 Å². The molecule has 2 aromatic carbocycles. The number of ketones is 1.